The molecule has 5 rings (SSSR count). The number of hydrogen-bond donors (Lipinski definition) is 3. The van der Waals surface area contributed by atoms with E-state index in [-0.39, 0.29) is 19.0 Å². The molecule has 0 bridgehead atoms. The van der Waals surface area contributed by atoms with Gasteiger partial charge in [0.25, 0.3) is 0 Å². The summed E-state index contributed by atoms with van der Waals surface area (Å²) < 4.78 is 16.4. The van der Waals surface area contributed by atoms with Crippen molar-refractivity contribution in [1.29, 1.82) is 5.41 Å². The predicted molar refractivity (Wildman–Crippen MR) is 174 cm³/mol. The summed E-state index contributed by atoms with van der Waals surface area (Å²) >= 11 is 0. The molecule has 0 unspecified atom stereocenters. The second-order valence-electron chi connectivity index (χ2n) is 10.1. The lowest BCUT2D eigenvalue weighted by atomic mass is 9.95. The summed E-state index contributed by atoms with van der Waals surface area (Å²) in [5.41, 5.74) is 6.12. The molecular weight excluding hydrogens is 566 g/mol. The van der Waals surface area contributed by atoms with Crippen molar-refractivity contribution < 1.29 is 23.8 Å². The van der Waals surface area contributed by atoms with Gasteiger partial charge in [0, 0.05) is 17.8 Å². The van der Waals surface area contributed by atoms with Gasteiger partial charge in [-0.25, -0.2) is 9.59 Å². The van der Waals surface area contributed by atoms with Crippen LogP contribution in [0.25, 0.3) is 11.1 Å². The predicted octanol–water partition coefficient (Wildman–Crippen LogP) is 7.58. The van der Waals surface area contributed by atoms with E-state index in [1.807, 2.05) is 109 Å². The van der Waals surface area contributed by atoms with Gasteiger partial charge in [-0.05, 0) is 70.3 Å². The fourth-order valence-electron chi connectivity index (χ4n) is 4.69. The summed E-state index contributed by atoms with van der Waals surface area (Å²) in [5, 5.41) is 14.1. The summed E-state index contributed by atoms with van der Waals surface area (Å²) in [6.07, 6.45) is -0.694. The highest BCUT2D eigenvalue weighted by Crippen LogP contribution is 2.31. The monoisotopic (exact) mass is 599 g/mol. The van der Waals surface area contributed by atoms with Gasteiger partial charge < -0.3 is 19.5 Å². The number of methoxy groups -OCH3 is 1. The lowest BCUT2D eigenvalue weighted by Crippen LogP contribution is -2.30. The second-order valence-corrected chi connectivity index (χ2v) is 10.1. The third-order valence-corrected chi connectivity index (χ3v) is 7.06. The fourth-order valence-corrected chi connectivity index (χ4v) is 4.69. The first-order valence-corrected chi connectivity index (χ1v) is 14.4. The van der Waals surface area contributed by atoms with Gasteiger partial charge >= 0.3 is 12.1 Å². The molecule has 5 aromatic carbocycles. The molecule has 3 N–H and O–H groups in total. The maximum atomic E-state index is 13.2. The van der Waals surface area contributed by atoms with Crippen LogP contribution in [0.5, 0.6) is 5.75 Å². The number of amides is 1. The average molecular weight is 600 g/mol. The van der Waals surface area contributed by atoms with Crippen molar-refractivity contribution >= 4 is 23.6 Å². The Bertz CT molecular complexity index is 1760. The van der Waals surface area contributed by atoms with Gasteiger partial charge in [-0.2, -0.15) is 0 Å². The van der Waals surface area contributed by atoms with Crippen LogP contribution < -0.4 is 15.4 Å². The van der Waals surface area contributed by atoms with Crippen molar-refractivity contribution in [2.75, 3.05) is 12.4 Å². The standard InChI is InChI=1S/C37H33N3O5/c1-43-31-20-21-32(33-14-8-9-15-34(33)36(41)44-24-26-10-4-2-5-11-26)29(22-31)23-39-30-18-16-28(17-19-30)35(38)40-37(42)45-25-27-12-6-3-7-13-27/h2-22,39H,23-25H2,1H3,(H2,38,40,42). The number of carbonyl (C=O) groups is 2. The second kappa shape index (κ2) is 15.0. The van der Waals surface area contributed by atoms with Gasteiger partial charge in [-0.15, -0.1) is 0 Å². The summed E-state index contributed by atoms with van der Waals surface area (Å²) in [7, 11) is 1.61. The Balaban J connectivity index is 1.25. The number of hydrogen-bond acceptors (Lipinski definition) is 7. The van der Waals surface area contributed by atoms with E-state index in [0.29, 0.717) is 23.4 Å². The largest absolute Gasteiger partial charge is 0.497 e. The van der Waals surface area contributed by atoms with Gasteiger partial charge in [0.1, 0.15) is 24.8 Å². The van der Waals surface area contributed by atoms with Crippen LogP contribution in [-0.2, 0) is 29.2 Å². The molecule has 0 aromatic heterocycles. The van der Waals surface area contributed by atoms with Crippen molar-refractivity contribution in [3.63, 3.8) is 0 Å². The van der Waals surface area contributed by atoms with Gasteiger partial charge in [-0.1, -0.05) is 84.9 Å². The number of benzene rings is 5. The molecule has 0 radical (unpaired) electrons. The van der Waals surface area contributed by atoms with Crippen LogP contribution in [0.1, 0.15) is 32.6 Å². The smallest absolute Gasteiger partial charge is 0.413 e. The Labute approximate surface area is 262 Å². The van der Waals surface area contributed by atoms with Gasteiger partial charge in [0.15, 0.2) is 0 Å². The number of rotatable bonds is 11. The third kappa shape index (κ3) is 8.36. The summed E-state index contributed by atoms with van der Waals surface area (Å²) in [4.78, 5) is 25.3. The zero-order valence-corrected chi connectivity index (χ0v) is 24.8. The first-order valence-electron chi connectivity index (χ1n) is 14.4. The first kappa shape index (κ1) is 30.6. The molecule has 0 fully saturated rings. The van der Waals surface area contributed by atoms with Crippen LogP contribution in [-0.4, -0.2) is 25.0 Å². The highest BCUT2D eigenvalue weighted by atomic mass is 16.5. The van der Waals surface area contributed by atoms with E-state index >= 15 is 0 Å². The Kier molecular flexibility index (Phi) is 10.2. The number of ether oxygens (including phenoxy) is 3. The average Bonchev–Trinajstić information content (AvgIpc) is 3.09. The van der Waals surface area contributed by atoms with E-state index < -0.39 is 12.1 Å². The summed E-state index contributed by atoms with van der Waals surface area (Å²) in [5.74, 6) is 0.221. The topological polar surface area (TPSA) is 110 Å². The van der Waals surface area contributed by atoms with Crippen molar-refractivity contribution in [3.8, 4) is 16.9 Å². The molecule has 1 amide bonds. The van der Waals surface area contributed by atoms with Crippen LogP contribution in [0.4, 0.5) is 10.5 Å². The lowest BCUT2D eigenvalue weighted by molar-refractivity contribution is 0.0473. The molecule has 8 nitrogen and oxygen atoms in total. The van der Waals surface area contributed by atoms with Gasteiger partial charge in [0.2, 0.25) is 0 Å². The van der Waals surface area contributed by atoms with Gasteiger partial charge in [-0.3, -0.25) is 10.7 Å². The maximum Gasteiger partial charge on any atom is 0.413 e. The molecule has 0 saturated heterocycles. The van der Waals surface area contributed by atoms with Gasteiger partial charge in [0.05, 0.1) is 12.7 Å². The SMILES string of the molecule is COc1ccc(-c2ccccc2C(=O)OCc2ccccc2)c(CNc2ccc(C(=N)NC(=O)OCc3ccccc3)cc2)c1. The Morgan fingerprint density at radius 2 is 1.31 bits per heavy atom. The van der Waals surface area contributed by atoms with Crippen LogP contribution in [0.3, 0.4) is 0 Å². The van der Waals surface area contributed by atoms with Crippen molar-refractivity contribution in [1.82, 2.24) is 5.32 Å². The Morgan fingerprint density at radius 3 is 1.98 bits per heavy atom. The molecule has 8 heteroatoms. The molecule has 5 aromatic rings. The molecule has 45 heavy (non-hydrogen) atoms. The van der Waals surface area contributed by atoms with Crippen LogP contribution in [0.2, 0.25) is 0 Å². The quantitative estimate of drug-likeness (QED) is 0.0820. The molecular formula is C37H33N3O5. The Morgan fingerprint density at radius 1 is 0.689 bits per heavy atom. The zero-order valence-electron chi connectivity index (χ0n) is 24.8. The minimum Gasteiger partial charge on any atom is -0.497 e. The lowest BCUT2D eigenvalue weighted by Gasteiger charge is -2.16. The number of anilines is 1. The summed E-state index contributed by atoms with van der Waals surface area (Å²) in [6, 6.07) is 39.2. The minimum absolute atomic E-state index is 0.0644. The van der Waals surface area contributed by atoms with Crippen molar-refractivity contribution in [2.45, 2.75) is 19.8 Å². The van der Waals surface area contributed by atoms with Crippen LogP contribution >= 0.6 is 0 Å². The molecule has 226 valence electrons. The minimum atomic E-state index is -0.694. The van der Waals surface area contributed by atoms with E-state index in [4.69, 9.17) is 19.6 Å². The molecule has 0 saturated carbocycles. The van der Waals surface area contributed by atoms with Crippen molar-refractivity contribution in [2.24, 2.45) is 0 Å². The molecule has 0 aliphatic carbocycles. The molecule has 0 heterocycles. The molecule has 0 spiro atoms. The number of esters is 1. The number of carbonyl (C=O) groups excluding carboxylic acids is 2. The van der Waals surface area contributed by atoms with E-state index in [2.05, 4.69) is 10.6 Å². The zero-order chi connectivity index (χ0) is 31.4. The fraction of sp³-hybridized carbons (Fsp3) is 0.108. The first-order chi connectivity index (χ1) is 22.0. The van der Waals surface area contributed by atoms with E-state index in [1.165, 1.54) is 0 Å². The number of alkyl carbamates (subject to hydrolysis) is 1. The van der Waals surface area contributed by atoms with Crippen molar-refractivity contribution in [3.05, 3.63) is 155 Å². The normalized spacial score (nSPS) is 10.4. The summed E-state index contributed by atoms with van der Waals surface area (Å²) in [6.45, 7) is 0.734. The third-order valence-electron chi connectivity index (χ3n) is 7.06. The molecule has 0 aliphatic heterocycles. The molecule has 0 atom stereocenters. The van der Waals surface area contributed by atoms with E-state index in [0.717, 1.165) is 33.5 Å². The molecule has 0 aliphatic rings. The highest BCUT2D eigenvalue weighted by molar-refractivity contribution is 6.04. The van der Waals surface area contributed by atoms with E-state index in [1.54, 1.807) is 25.3 Å². The van der Waals surface area contributed by atoms with Crippen LogP contribution in [0, 0.1) is 5.41 Å². The van der Waals surface area contributed by atoms with Crippen LogP contribution in [0.15, 0.2) is 127 Å². The Hall–Kier alpha value is -5.89. The maximum absolute atomic E-state index is 13.2. The van der Waals surface area contributed by atoms with E-state index in [9.17, 15) is 9.59 Å². The number of amidine groups is 1. The number of nitrogens with one attached hydrogen (secondary N) is 3. The highest BCUT2D eigenvalue weighted by Gasteiger charge is 2.17.